The topological polar surface area (TPSA) is 56.2 Å². The van der Waals surface area contributed by atoms with Crippen molar-refractivity contribution in [1.29, 1.82) is 0 Å². The van der Waals surface area contributed by atoms with Crippen molar-refractivity contribution in [2.24, 2.45) is 0 Å². The van der Waals surface area contributed by atoms with Crippen molar-refractivity contribution in [3.05, 3.63) is 43.7 Å². The molecule has 2 aromatic heterocycles. The van der Waals surface area contributed by atoms with Gasteiger partial charge in [-0.15, -0.1) is 11.3 Å². The summed E-state index contributed by atoms with van der Waals surface area (Å²) in [6.07, 6.45) is 0. The number of hydrogen-bond donors (Lipinski definition) is 1. The van der Waals surface area contributed by atoms with Gasteiger partial charge in [0, 0.05) is 12.1 Å². The maximum Gasteiger partial charge on any atom is 0.276 e. The standard InChI is InChI=1S/C14H11ClN2O3S2/c1-19-10-6-9(11(20-2)5-7(10)15)17-13(18)12-8(3-4-22-12)16-14(17)21/h3-6H,1-2H3,(H,16,21). The summed E-state index contributed by atoms with van der Waals surface area (Å²) in [5.74, 6) is 0.869. The molecule has 114 valence electrons. The molecule has 1 N–H and O–H groups in total. The number of fused-ring (bicyclic) bond motifs is 1. The minimum atomic E-state index is -0.212. The van der Waals surface area contributed by atoms with Crippen molar-refractivity contribution in [1.82, 2.24) is 9.55 Å². The number of methoxy groups -OCH3 is 2. The van der Waals surface area contributed by atoms with Crippen molar-refractivity contribution in [3.63, 3.8) is 0 Å². The predicted octanol–water partition coefficient (Wildman–Crippen LogP) is 3.78. The molecule has 0 aliphatic heterocycles. The third-order valence-electron chi connectivity index (χ3n) is 3.20. The summed E-state index contributed by atoms with van der Waals surface area (Å²) in [6, 6.07) is 5.04. The lowest BCUT2D eigenvalue weighted by Crippen LogP contribution is -2.20. The molecular formula is C14H11ClN2O3S2. The van der Waals surface area contributed by atoms with Crippen molar-refractivity contribution < 1.29 is 9.47 Å². The summed E-state index contributed by atoms with van der Waals surface area (Å²) in [7, 11) is 3.01. The third-order valence-corrected chi connectivity index (χ3v) is 4.68. The summed E-state index contributed by atoms with van der Waals surface area (Å²) < 4.78 is 12.8. The van der Waals surface area contributed by atoms with Gasteiger partial charge >= 0.3 is 0 Å². The average molecular weight is 355 g/mol. The Kier molecular flexibility index (Phi) is 3.94. The number of nitrogens with zero attached hydrogens (tertiary/aromatic N) is 1. The Labute approximate surface area is 139 Å². The molecule has 0 unspecified atom stereocenters. The van der Waals surface area contributed by atoms with E-state index in [1.165, 1.54) is 30.1 Å². The van der Waals surface area contributed by atoms with E-state index in [2.05, 4.69) is 4.98 Å². The Morgan fingerprint density at radius 3 is 2.68 bits per heavy atom. The fraction of sp³-hybridized carbons (Fsp3) is 0.143. The number of aromatic amines is 1. The zero-order chi connectivity index (χ0) is 15.9. The van der Waals surface area contributed by atoms with Crippen LogP contribution in [0.3, 0.4) is 0 Å². The Bertz CT molecular complexity index is 974. The molecule has 3 rings (SSSR count). The van der Waals surface area contributed by atoms with Gasteiger partial charge in [0.05, 0.1) is 30.4 Å². The first kappa shape index (κ1) is 15.1. The molecule has 22 heavy (non-hydrogen) atoms. The fourth-order valence-corrected chi connectivity index (χ4v) is 3.48. The van der Waals surface area contributed by atoms with Gasteiger partial charge in [0.25, 0.3) is 5.56 Å². The van der Waals surface area contributed by atoms with E-state index in [-0.39, 0.29) is 10.3 Å². The normalized spacial score (nSPS) is 10.9. The Hall–Kier alpha value is -1.83. The molecule has 2 heterocycles. The minimum absolute atomic E-state index is 0.212. The fourth-order valence-electron chi connectivity index (χ4n) is 2.18. The number of rotatable bonds is 3. The molecule has 0 atom stereocenters. The number of hydrogen-bond acceptors (Lipinski definition) is 5. The summed E-state index contributed by atoms with van der Waals surface area (Å²) in [5.41, 5.74) is 0.984. The van der Waals surface area contributed by atoms with Crippen LogP contribution in [0.2, 0.25) is 5.02 Å². The van der Waals surface area contributed by atoms with Crippen molar-refractivity contribution in [3.8, 4) is 17.2 Å². The molecule has 0 amide bonds. The highest BCUT2D eigenvalue weighted by atomic mass is 35.5. The van der Waals surface area contributed by atoms with Gasteiger partial charge in [-0.05, 0) is 23.7 Å². The zero-order valence-corrected chi connectivity index (χ0v) is 14.1. The van der Waals surface area contributed by atoms with Crippen LogP contribution in [0.5, 0.6) is 11.5 Å². The second kappa shape index (κ2) is 5.75. The van der Waals surface area contributed by atoms with Gasteiger partial charge in [-0.25, -0.2) is 4.57 Å². The Balaban J connectivity index is 2.41. The van der Waals surface area contributed by atoms with Crippen LogP contribution in [0.25, 0.3) is 15.9 Å². The maximum atomic E-state index is 12.7. The molecule has 3 aromatic rings. The van der Waals surface area contributed by atoms with Crippen molar-refractivity contribution >= 4 is 45.4 Å². The van der Waals surface area contributed by atoms with Gasteiger partial charge < -0.3 is 14.5 Å². The van der Waals surface area contributed by atoms with Gasteiger partial charge in [-0.3, -0.25) is 4.79 Å². The molecule has 0 spiro atoms. The average Bonchev–Trinajstić information content (AvgIpc) is 2.96. The van der Waals surface area contributed by atoms with Crippen LogP contribution in [0, 0.1) is 4.77 Å². The van der Waals surface area contributed by atoms with Gasteiger partial charge in [-0.1, -0.05) is 11.6 Å². The van der Waals surface area contributed by atoms with E-state index in [4.69, 9.17) is 33.3 Å². The van der Waals surface area contributed by atoms with E-state index in [1.807, 2.05) is 11.4 Å². The zero-order valence-electron chi connectivity index (χ0n) is 11.7. The number of ether oxygens (including phenoxy) is 2. The highest BCUT2D eigenvalue weighted by Gasteiger charge is 2.16. The Morgan fingerprint density at radius 2 is 2.00 bits per heavy atom. The van der Waals surface area contributed by atoms with E-state index >= 15 is 0 Å². The van der Waals surface area contributed by atoms with Crippen LogP contribution in [-0.4, -0.2) is 23.8 Å². The minimum Gasteiger partial charge on any atom is -0.495 e. The molecule has 5 nitrogen and oxygen atoms in total. The first-order valence-corrected chi connectivity index (χ1v) is 7.88. The summed E-state index contributed by atoms with van der Waals surface area (Å²) in [5, 5.41) is 2.23. The summed E-state index contributed by atoms with van der Waals surface area (Å²) >= 11 is 12.8. The molecule has 0 saturated heterocycles. The molecule has 8 heteroatoms. The van der Waals surface area contributed by atoms with Gasteiger partial charge in [-0.2, -0.15) is 0 Å². The summed E-state index contributed by atoms with van der Waals surface area (Å²) in [6.45, 7) is 0. The lowest BCUT2D eigenvalue weighted by molar-refractivity contribution is 0.401. The monoisotopic (exact) mass is 354 g/mol. The third kappa shape index (κ3) is 2.31. The highest BCUT2D eigenvalue weighted by molar-refractivity contribution is 7.71. The first-order valence-electron chi connectivity index (χ1n) is 6.21. The van der Waals surface area contributed by atoms with Crippen LogP contribution >= 0.6 is 35.2 Å². The predicted molar refractivity (Wildman–Crippen MR) is 90.7 cm³/mol. The van der Waals surface area contributed by atoms with Crippen LogP contribution in [0.1, 0.15) is 0 Å². The molecule has 0 radical (unpaired) electrons. The molecule has 1 aromatic carbocycles. The second-order valence-electron chi connectivity index (χ2n) is 4.39. The summed E-state index contributed by atoms with van der Waals surface area (Å²) in [4.78, 5) is 15.8. The SMILES string of the molecule is COc1cc(-n2c(=S)[nH]c3ccsc3c2=O)c(OC)cc1Cl. The molecular weight excluding hydrogens is 344 g/mol. The van der Waals surface area contributed by atoms with Crippen molar-refractivity contribution in [2.75, 3.05) is 14.2 Å². The van der Waals surface area contributed by atoms with E-state index < -0.39 is 0 Å². The number of halogens is 1. The van der Waals surface area contributed by atoms with E-state index in [1.54, 1.807) is 12.1 Å². The quantitative estimate of drug-likeness (QED) is 0.727. The number of nitrogens with one attached hydrogen (secondary N) is 1. The number of aromatic nitrogens is 2. The lowest BCUT2D eigenvalue weighted by atomic mass is 10.2. The largest absolute Gasteiger partial charge is 0.495 e. The van der Waals surface area contributed by atoms with E-state index in [0.29, 0.717) is 26.9 Å². The smallest absolute Gasteiger partial charge is 0.276 e. The molecule has 0 aliphatic rings. The van der Waals surface area contributed by atoms with Gasteiger partial charge in [0.1, 0.15) is 16.2 Å². The van der Waals surface area contributed by atoms with Crippen molar-refractivity contribution in [2.45, 2.75) is 0 Å². The number of benzene rings is 1. The number of thiophene rings is 1. The molecule has 0 fully saturated rings. The first-order chi connectivity index (χ1) is 10.6. The Morgan fingerprint density at radius 1 is 1.27 bits per heavy atom. The van der Waals surface area contributed by atoms with Gasteiger partial charge in [0.2, 0.25) is 0 Å². The van der Waals surface area contributed by atoms with Crippen LogP contribution in [0.15, 0.2) is 28.4 Å². The van der Waals surface area contributed by atoms with Crippen LogP contribution in [0.4, 0.5) is 0 Å². The van der Waals surface area contributed by atoms with E-state index in [0.717, 1.165) is 5.52 Å². The van der Waals surface area contributed by atoms with Crippen LogP contribution in [-0.2, 0) is 0 Å². The molecule has 0 aliphatic carbocycles. The second-order valence-corrected chi connectivity index (χ2v) is 6.10. The number of H-pyrrole nitrogens is 1. The van der Waals surface area contributed by atoms with Crippen LogP contribution < -0.4 is 15.0 Å². The van der Waals surface area contributed by atoms with Gasteiger partial charge in [0.15, 0.2) is 4.77 Å². The maximum absolute atomic E-state index is 12.7. The highest BCUT2D eigenvalue weighted by Crippen LogP contribution is 2.34. The van der Waals surface area contributed by atoms with E-state index in [9.17, 15) is 4.79 Å². The molecule has 0 saturated carbocycles. The molecule has 0 bridgehead atoms. The lowest BCUT2D eigenvalue weighted by Gasteiger charge is -2.14.